The number of nitrogens with two attached hydrogens (primary N) is 2. The number of anilines is 2. The van der Waals surface area contributed by atoms with E-state index >= 15 is 0 Å². The molecule has 1 aromatic heterocycles. The molecule has 30 heavy (non-hydrogen) atoms. The SMILES string of the molecule is CCOc1cc2c(cc1N)C(N)N(c1ccc(OCc3ccccn3)c(Cl)c1)C=N2. The highest BCUT2D eigenvalue weighted by atomic mass is 35.5. The van der Waals surface area contributed by atoms with E-state index < -0.39 is 6.17 Å². The van der Waals surface area contributed by atoms with Crippen LogP contribution in [-0.4, -0.2) is 17.9 Å². The fourth-order valence-corrected chi connectivity index (χ4v) is 3.44. The first kappa shape index (κ1) is 20.0. The lowest BCUT2D eigenvalue weighted by atomic mass is 10.1. The topological polar surface area (TPSA) is 99.0 Å². The second-order valence-electron chi connectivity index (χ2n) is 6.70. The fraction of sp³-hybridized carbons (Fsp3) is 0.182. The summed E-state index contributed by atoms with van der Waals surface area (Å²) in [6.45, 7) is 2.76. The number of halogens is 1. The molecule has 154 valence electrons. The lowest BCUT2D eigenvalue weighted by Gasteiger charge is -2.31. The molecule has 2 heterocycles. The van der Waals surface area contributed by atoms with Gasteiger partial charge in [0, 0.05) is 23.5 Å². The van der Waals surface area contributed by atoms with E-state index in [-0.39, 0.29) is 0 Å². The first-order valence-corrected chi connectivity index (χ1v) is 9.91. The molecule has 1 unspecified atom stereocenters. The minimum Gasteiger partial charge on any atom is -0.492 e. The summed E-state index contributed by atoms with van der Waals surface area (Å²) in [6.07, 6.45) is 2.94. The summed E-state index contributed by atoms with van der Waals surface area (Å²) in [6, 6.07) is 14.8. The highest BCUT2D eigenvalue weighted by molar-refractivity contribution is 6.32. The maximum absolute atomic E-state index is 6.49. The zero-order valence-corrected chi connectivity index (χ0v) is 17.2. The van der Waals surface area contributed by atoms with Crippen molar-refractivity contribution in [3.63, 3.8) is 0 Å². The first-order chi connectivity index (χ1) is 14.6. The molecule has 7 nitrogen and oxygen atoms in total. The van der Waals surface area contributed by atoms with Crippen molar-refractivity contribution < 1.29 is 9.47 Å². The van der Waals surface area contributed by atoms with E-state index in [0.717, 1.165) is 22.6 Å². The zero-order valence-electron chi connectivity index (χ0n) is 16.5. The Morgan fingerprint density at radius 1 is 1.10 bits per heavy atom. The number of aromatic nitrogens is 1. The molecule has 0 bridgehead atoms. The van der Waals surface area contributed by atoms with Gasteiger partial charge >= 0.3 is 0 Å². The van der Waals surface area contributed by atoms with Crippen LogP contribution in [0.1, 0.15) is 24.3 Å². The molecule has 1 aliphatic rings. The summed E-state index contributed by atoms with van der Waals surface area (Å²) < 4.78 is 11.3. The predicted octanol–water partition coefficient (Wildman–Crippen LogP) is 4.43. The standard InChI is InChI=1S/C22H22ClN5O2/c1-2-29-21-11-19-16(10-18(21)24)22(25)28(13-27-19)15-6-7-20(17(23)9-15)30-12-14-5-3-4-8-26-14/h3-11,13,22H,2,12,24-25H2,1H3. The quantitative estimate of drug-likeness (QED) is 0.569. The monoisotopic (exact) mass is 423 g/mol. The Bertz CT molecular complexity index is 1070. The number of hydrogen-bond donors (Lipinski definition) is 2. The lowest BCUT2D eigenvalue weighted by molar-refractivity contribution is 0.301. The third-order valence-electron chi connectivity index (χ3n) is 4.71. The molecule has 3 aromatic rings. The van der Waals surface area contributed by atoms with Crippen molar-refractivity contribution in [1.29, 1.82) is 0 Å². The van der Waals surface area contributed by atoms with Gasteiger partial charge in [-0.25, -0.2) is 4.99 Å². The van der Waals surface area contributed by atoms with E-state index in [9.17, 15) is 0 Å². The second kappa shape index (κ2) is 8.61. The number of aliphatic imine (C=N–C) groups is 1. The Morgan fingerprint density at radius 3 is 2.70 bits per heavy atom. The number of nitrogens with zero attached hydrogens (tertiary/aromatic N) is 3. The molecule has 4 N–H and O–H groups in total. The normalized spacial score (nSPS) is 15.0. The molecule has 0 aliphatic carbocycles. The molecule has 0 saturated carbocycles. The van der Waals surface area contributed by atoms with E-state index in [0.29, 0.717) is 35.4 Å². The van der Waals surface area contributed by atoms with Crippen LogP contribution in [0.25, 0.3) is 0 Å². The summed E-state index contributed by atoms with van der Waals surface area (Å²) in [5, 5.41) is 0.473. The van der Waals surface area contributed by atoms with E-state index in [1.165, 1.54) is 0 Å². The van der Waals surface area contributed by atoms with Crippen molar-refractivity contribution >= 4 is 35.0 Å². The van der Waals surface area contributed by atoms with Crippen LogP contribution in [0.4, 0.5) is 17.1 Å². The van der Waals surface area contributed by atoms with Crippen molar-refractivity contribution in [3.05, 3.63) is 71.0 Å². The number of pyridine rings is 1. The van der Waals surface area contributed by atoms with Gasteiger partial charge in [0.2, 0.25) is 0 Å². The van der Waals surface area contributed by atoms with Gasteiger partial charge in [-0.15, -0.1) is 0 Å². The molecule has 2 aromatic carbocycles. The highest BCUT2D eigenvalue weighted by Crippen LogP contribution is 2.40. The number of benzene rings is 2. The minimum atomic E-state index is -0.466. The van der Waals surface area contributed by atoms with Crippen LogP contribution in [0.3, 0.4) is 0 Å². The molecule has 0 amide bonds. The Balaban J connectivity index is 1.54. The predicted molar refractivity (Wildman–Crippen MR) is 120 cm³/mol. The molecular weight excluding hydrogens is 402 g/mol. The van der Waals surface area contributed by atoms with Crippen LogP contribution < -0.4 is 25.8 Å². The average molecular weight is 424 g/mol. The largest absolute Gasteiger partial charge is 0.492 e. The van der Waals surface area contributed by atoms with Crippen molar-refractivity contribution in [2.24, 2.45) is 10.7 Å². The van der Waals surface area contributed by atoms with Gasteiger partial charge in [0.25, 0.3) is 0 Å². The van der Waals surface area contributed by atoms with E-state index in [2.05, 4.69) is 9.98 Å². The molecule has 0 spiro atoms. The van der Waals surface area contributed by atoms with Crippen molar-refractivity contribution in [3.8, 4) is 11.5 Å². The summed E-state index contributed by atoms with van der Waals surface area (Å²) >= 11 is 6.45. The van der Waals surface area contributed by atoms with Crippen LogP contribution in [-0.2, 0) is 6.61 Å². The molecule has 4 rings (SSSR count). The summed E-state index contributed by atoms with van der Waals surface area (Å²) in [4.78, 5) is 10.6. The molecule has 0 radical (unpaired) electrons. The molecule has 1 aliphatic heterocycles. The highest BCUT2D eigenvalue weighted by Gasteiger charge is 2.24. The molecular formula is C22H22ClN5O2. The summed E-state index contributed by atoms with van der Waals surface area (Å²) in [5.41, 5.74) is 16.3. The molecule has 1 atom stereocenters. The Morgan fingerprint density at radius 2 is 1.97 bits per heavy atom. The number of rotatable bonds is 6. The number of ether oxygens (including phenoxy) is 2. The molecule has 0 saturated heterocycles. The maximum atomic E-state index is 6.49. The number of hydrogen-bond acceptors (Lipinski definition) is 7. The van der Waals surface area contributed by atoms with Crippen LogP contribution in [0, 0.1) is 0 Å². The minimum absolute atomic E-state index is 0.333. The number of fused-ring (bicyclic) bond motifs is 1. The van der Waals surface area contributed by atoms with Gasteiger partial charge in [0.05, 0.1) is 35.0 Å². The third kappa shape index (κ3) is 4.03. The lowest BCUT2D eigenvalue weighted by Crippen LogP contribution is -2.35. The first-order valence-electron chi connectivity index (χ1n) is 9.53. The Hall–Kier alpha value is -3.29. The van der Waals surface area contributed by atoms with E-state index in [4.69, 9.17) is 32.5 Å². The van der Waals surface area contributed by atoms with Gasteiger partial charge < -0.3 is 25.8 Å². The fourth-order valence-electron chi connectivity index (χ4n) is 3.21. The van der Waals surface area contributed by atoms with Gasteiger partial charge in [0.15, 0.2) is 0 Å². The van der Waals surface area contributed by atoms with Crippen molar-refractivity contribution in [2.45, 2.75) is 19.7 Å². The van der Waals surface area contributed by atoms with Gasteiger partial charge in [-0.05, 0) is 43.3 Å². The average Bonchev–Trinajstić information content (AvgIpc) is 2.75. The van der Waals surface area contributed by atoms with Crippen LogP contribution in [0.2, 0.25) is 5.02 Å². The van der Waals surface area contributed by atoms with Crippen LogP contribution >= 0.6 is 11.6 Å². The van der Waals surface area contributed by atoms with Gasteiger partial charge in [0.1, 0.15) is 24.3 Å². The van der Waals surface area contributed by atoms with Crippen molar-refractivity contribution in [1.82, 2.24) is 4.98 Å². The van der Waals surface area contributed by atoms with Crippen LogP contribution in [0.15, 0.2) is 59.7 Å². The third-order valence-corrected chi connectivity index (χ3v) is 5.01. The van der Waals surface area contributed by atoms with E-state index in [1.54, 1.807) is 24.7 Å². The van der Waals surface area contributed by atoms with Gasteiger partial charge in [-0.1, -0.05) is 17.7 Å². The smallest absolute Gasteiger partial charge is 0.144 e. The summed E-state index contributed by atoms with van der Waals surface area (Å²) in [7, 11) is 0. The Labute approximate surface area is 179 Å². The number of nitrogen functional groups attached to an aromatic ring is 1. The second-order valence-corrected chi connectivity index (χ2v) is 7.11. The maximum Gasteiger partial charge on any atom is 0.144 e. The molecule has 0 fully saturated rings. The van der Waals surface area contributed by atoms with Crippen LogP contribution in [0.5, 0.6) is 11.5 Å². The summed E-state index contributed by atoms with van der Waals surface area (Å²) in [5.74, 6) is 1.17. The van der Waals surface area contributed by atoms with Crippen molar-refractivity contribution in [2.75, 3.05) is 17.2 Å². The Kier molecular flexibility index (Phi) is 5.74. The molecule has 8 heteroatoms. The van der Waals surface area contributed by atoms with Gasteiger partial charge in [-0.3, -0.25) is 4.98 Å². The van der Waals surface area contributed by atoms with E-state index in [1.807, 2.05) is 48.2 Å². The van der Waals surface area contributed by atoms with Gasteiger partial charge in [-0.2, -0.15) is 0 Å². The zero-order chi connectivity index (χ0) is 21.1.